The fourth-order valence-corrected chi connectivity index (χ4v) is 3.96. The SMILES string of the molecule is O=S(=O)([O-])CCNc1nc(NCC(O)CO)nc(Nc2nc(Nc3nc(NCCSOO[O-])nc(NCC(O)CO)n3)ns2)n1.[Na+].[Na+]. The molecule has 0 aromatic carbocycles. The number of nitrogens with zero attached hydrogens (tertiary/aromatic N) is 8. The fourth-order valence-electron chi connectivity index (χ4n) is 2.79. The van der Waals surface area contributed by atoms with Crippen molar-refractivity contribution in [2.75, 3.05) is 82.8 Å². The zero-order valence-electron chi connectivity index (χ0n) is 24.9. The molecule has 24 nitrogen and oxygen atoms in total. The number of anilines is 8. The van der Waals surface area contributed by atoms with Gasteiger partial charge in [-0.25, -0.2) is 8.42 Å². The van der Waals surface area contributed by atoms with Crippen molar-refractivity contribution in [2.45, 2.75) is 12.2 Å². The van der Waals surface area contributed by atoms with Gasteiger partial charge in [0.05, 0.1) is 41.3 Å². The van der Waals surface area contributed by atoms with Gasteiger partial charge in [0.25, 0.3) is 0 Å². The van der Waals surface area contributed by atoms with E-state index in [0.29, 0.717) is 0 Å². The van der Waals surface area contributed by atoms with Crippen LogP contribution in [0.15, 0.2) is 0 Å². The van der Waals surface area contributed by atoms with Crippen LogP contribution in [0.2, 0.25) is 0 Å². The molecule has 0 aliphatic heterocycles. The molecule has 0 saturated heterocycles. The first-order valence-corrected chi connectivity index (χ1v) is 15.8. The minimum absolute atomic E-state index is 0. The Morgan fingerprint density at radius 3 is 1.74 bits per heavy atom. The molecule has 0 spiro atoms. The second-order valence-corrected chi connectivity index (χ2v) is 11.3. The maximum atomic E-state index is 10.9. The van der Waals surface area contributed by atoms with Gasteiger partial charge in [0.1, 0.15) is 0 Å². The molecule has 10 N–H and O–H groups in total. The van der Waals surface area contributed by atoms with E-state index in [-0.39, 0.29) is 138 Å². The molecule has 250 valence electrons. The fraction of sp³-hybridized carbons (Fsp3) is 0.556. The van der Waals surface area contributed by atoms with Crippen molar-refractivity contribution < 1.29 is 107 Å². The molecule has 0 fully saturated rings. The van der Waals surface area contributed by atoms with Gasteiger partial charge >= 0.3 is 59.1 Å². The van der Waals surface area contributed by atoms with Gasteiger partial charge in [-0.2, -0.15) is 43.6 Å². The van der Waals surface area contributed by atoms with Gasteiger partial charge in [-0.3, -0.25) is 15.7 Å². The van der Waals surface area contributed by atoms with Gasteiger partial charge in [-0.05, 0) is 0 Å². The number of hydrogen-bond acceptors (Lipinski definition) is 26. The van der Waals surface area contributed by atoms with Crippen LogP contribution in [0, 0.1) is 0 Å². The maximum absolute atomic E-state index is 10.9. The molecule has 0 amide bonds. The summed E-state index contributed by atoms with van der Waals surface area (Å²) in [5.41, 5.74) is 0. The van der Waals surface area contributed by atoms with E-state index in [4.69, 9.17) is 10.2 Å². The number of rotatable bonds is 22. The number of aliphatic hydroxyl groups is 4. The van der Waals surface area contributed by atoms with E-state index in [2.05, 4.69) is 80.5 Å². The van der Waals surface area contributed by atoms with Crippen LogP contribution in [0.25, 0.3) is 0 Å². The second kappa shape index (κ2) is 22.9. The quantitative estimate of drug-likeness (QED) is 0.0114. The number of aromatic nitrogens is 8. The maximum Gasteiger partial charge on any atom is 1.00 e. The van der Waals surface area contributed by atoms with Gasteiger partial charge in [-0.15, -0.1) is 0 Å². The Bertz CT molecular complexity index is 1450. The molecule has 0 aliphatic rings. The summed E-state index contributed by atoms with van der Waals surface area (Å²) in [6, 6.07) is 0. The Balaban J connectivity index is 0.00000552. The van der Waals surface area contributed by atoms with Crippen LogP contribution < -0.4 is 96.3 Å². The zero-order chi connectivity index (χ0) is 32.7. The van der Waals surface area contributed by atoms with Crippen molar-refractivity contribution in [1.29, 1.82) is 0 Å². The van der Waals surface area contributed by atoms with Gasteiger partial charge in [0.2, 0.25) is 46.8 Å². The van der Waals surface area contributed by atoms with Gasteiger partial charge in [0.15, 0.2) is 0 Å². The number of hydrogen-bond donors (Lipinski definition) is 10. The van der Waals surface area contributed by atoms with E-state index in [1.165, 1.54) is 0 Å². The summed E-state index contributed by atoms with van der Waals surface area (Å²) in [5.74, 6) is -0.539. The Kier molecular flexibility index (Phi) is 21.1. The molecule has 3 heterocycles. The van der Waals surface area contributed by atoms with E-state index in [1.807, 2.05) is 0 Å². The predicted octanol–water partition coefficient (Wildman–Crippen LogP) is -9.83. The van der Waals surface area contributed by atoms with Crippen molar-refractivity contribution >= 4 is 80.5 Å². The van der Waals surface area contributed by atoms with E-state index in [1.54, 1.807) is 0 Å². The summed E-state index contributed by atoms with van der Waals surface area (Å²) >= 11 is 1.63. The summed E-state index contributed by atoms with van der Waals surface area (Å²) in [4.78, 5) is 29.1. The molecule has 0 bridgehead atoms. The normalized spacial score (nSPS) is 12.2. The van der Waals surface area contributed by atoms with Crippen LogP contribution in [0.5, 0.6) is 0 Å². The molecular formula is C18H28N14Na2O10S3. The minimum Gasteiger partial charge on any atom is -0.748 e. The molecule has 3 rings (SSSR count). The molecule has 29 heteroatoms. The minimum atomic E-state index is -4.50. The largest absolute Gasteiger partial charge is 1.00 e. The molecule has 0 aliphatic carbocycles. The van der Waals surface area contributed by atoms with E-state index in [9.17, 15) is 28.4 Å². The molecule has 3 aromatic heterocycles. The van der Waals surface area contributed by atoms with Crippen molar-refractivity contribution in [1.82, 2.24) is 39.3 Å². The van der Waals surface area contributed by atoms with Gasteiger partial charge < -0.3 is 51.5 Å². The Morgan fingerprint density at radius 2 is 1.23 bits per heavy atom. The average molecular weight is 743 g/mol. The topological polar surface area (TPSA) is 355 Å². The molecular weight excluding hydrogens is 714 g/mol. The van der Waals surface area contributed by atoms with Crippen LogP contribution in [0.4, 0.5) is 46.8 Å². The van der Waals surface area contributed by atoms with E-state index >= 15 is 0 Å². The van der Waals surface area contributed by atoms with Crippen LogP contribution in [-0.2, 0) is 19.5 Å². The first-order valence-electron chi connectivity index (χ1n) is 12.5. The van der Waals surface area contributed by atoms with Gasteiger partial charge in [-0.1, -0.05) is 0 Å². The van der Waals surface area contributed by atoms with Crippen LogP contribution in [-0.4, -0.2) is 136 Å². The second-order valence-electron chi connectivity index (χ2n) is 8.29. The molecule has 47 heavy (non-hydrogen) atoms. The first-order chi connectivity index (χ1) is 21.6. The van der Waals surface area contributed by atoms with Crippen molar-refractivity contribution in [3.8, 4) is 0 Å². The van der Waals surface area contributed by atoms with Gasteiger partial charge in [0, 0.05) is 55.5 Å². The Labute approximate surface area is 319 Å². The summed E-state index contributed by atoms with van der Waals surface area (Å²) in [7, 11) is -4.50. The standard InChI is InChI=1S/C18H30N14O10S3.2Na/c33-7-9(35)5-21-13-23-11(19-1-3-43-42-41-37)25-15(27-13)29-17-31-18(44-32-17)30-16-26-12(20-2-4-45(38,39)40)24-14(28-16)22-6-10(36)8-34;;/h9-10,33-37H,1-8H2,(H,38,39,40)(H6,19,20,21,22,23,24,25,26,27,28,29,30,31,32);;/q;2*+1/p-2. The predicted molar refractivity (Wildman–Crippen MR) is 155 cm³/mol. The Hall–Kier alpha value is -1.64. The van der Waals surface area contributed by atoms with E-state index in [0.717, 1.165) is 23.6 Å². The summed E-state index contributed by atoms with van der Waals surface area (Å²) in [5, 5.41) is 67.2. The summed E-state index contributed by atoms with van der Waals surface area (Å²) < 4.78 is 41.1. The summed E-state index contributed by atoms with van der Waals surface area (Å²) in [6.45, 7) is -1.25. The van der Waals surface area contributed by atoms with E-state index < -0.39 is 41.3 Å². The molecule has 0 radical (unpaired) electrons. The molecule has 0 saturated carbocycles. The molecule has 2 atom stereocenters. The molecule has 3 aromatic rings. The smallest absolute Gasteiger partial charge is 0.748 e. The third-order valence-corrected chi connectivity index (χ3v) is 6.59. The van der Waals surface area contributed by atoms with Crippen LogP contribution in [0.1, 0.15) is 0 Å². The summed E-state index contributed by atoms with van der Waals surface area (Å²) in [6.07, 6.45) is -2.20. The third kappa shape index (κ3) is 17.5. The monoisotopic (exact) mass is 742 g/mol. The Morgan fingerprint density at radius 1 is 0.745 bits per heavy atom. The van der Waals surface area contributed by atoms with Crippen molar-refractivity contribution in [2.24, 2.45) is 0 Å². The van der Waals surface area contributed by atoms with Crippen LogP contribution >= 0.6 is 23.6 Å². The van der Waals surface area contributed by atoms with Crippen molar-refractivity contribution in [3.63, 3.8) is 0 Å². The number of aliphatic hydroxyl groups excluding tert-OH is 4. The average Bonchev–Trinajstić information content (AvgIpc) is 3.43. The first kappa shape index (κ1) is 43.4. The molecule has 2 unspecified atom stereocenters. The number of nitrogens with one attached hydrogen (secondary N) is 6. The van der Waals surface area contributed by atoms with Crippen molar-refractivity contribution in [3.05, 3.63) is 0 Å². The zero-order valence-corrected chi connectivity index (χ0v) is 31.3. The van der Waals surface area contributed by atoms with Crippen LogP contribution in [0.3, 0.4) is 0 Å². The third-order valence-electron chi connectivity index (χ3n) is 4.73.